The van der Waals surface area contributed by atoms with Gasteiger partial charge in [-0.2, -0.15) is 43.5 Å². The summed E-state index contributed by atoms with van der Waals surface area (Å²) in [6.45, 7) is 0.365. The molecule has 176 valence electrons. The van der Waals surface area contributed by atoms with Gasteiger partial charge in [0.15, 0.2) is 0 Å². The van der Waals surface area contributed by atoms with Gasteiger partial charge < -0.3 is 14.2 Å². The first-order valence-electron chi connectivity index (χ1n) is 6.48. The van der Waals surface area contributed by atoms with Gasteiger partial charge in [-0.15, -0.1) is 0 Å². The number of carbonyl (C=O) groups is 2. The van der Waals surface area contributed by atoms with Crippen molar-refractivity contribution in [2.75, 3.05) is 21.3 Å². The van der Waals surface area contributed by atoms with E-state index in [4.69, 9.17) is 17.5 Å². The summed E-state index contributed by atoms with van der Waals surface area (Å²) in [4.78, 5) is 21.0. The van der Waals surface area contributed by atoms with Crippen LogP contribution in [0.4, 0.5) is 35.1 Å². The Morgan fingerprint density at radius 3 is 1.17 bits per heavy atom. The van der Waals surface area contributed by atoms with Crippen molar-refractivity contribution in [1.29, 1.82) is 0 Å². The number of ether oxygens (including phenoxy) is 3. The minimum absolute atomic E-state index is 0.365. The lowest BCUT2D eigenvalue weighted by atomic mass is 10.1. The van der Waals surface area contributed by atoms with Gasteiger partial charge in [-0.25, -0.2) is 0 Å². The predicted octanol–water partition coefficient (Wildman–Crippen LogP) is 2.28. The molecule has 0 heterocycles. The van der Waals surface area contributed by atoms with Crippen LogP contribution in [-0.2, 0) is 34.2 Å². The molecule has 9 nitrogen and oxygen atoms in total. The molecule has 1 atom stereocenters. The SMILES string of the molecule is COC(=O)C(C(=O)OC)C(F)(F)F.COC(F)(F)C(C)C(F)(F)F.O=S(=O)(O)O. The number of rotatable bonds is 4. The van der Waals surface area contributed by atoms with Gasteiger partial charge >= 0.3 is 40.8 Å². The highest BCUT2D eigenvalue weighted by atomic mass is 32.3. The molecule has 29 heavy (non-hydrogen) atoms. The summed E-state index contributed by atoms with van der Waals surface area (Å²) < 4.78 is 137. The Kier molecular flexibility index (Phi) is 13.2. The second kappa shape index (κ2) is 12.0. The maximum Gasteiger partial charge on any atom is 0.412 e. The molecule has 0 amide bonds. The summed E-state index contributed by atoms with van der Waals surface area (Å²) in [5, 5.41) is 0. The van der Waals surface area contributed by atoms with Crippen molar-refractivity contribution in [2.24, 2.45) is 11.8 Å². The minimum Gasteiger partial charge on any atom is -0.468 e. The Labute approximate surface area is 158 Å². The normalized spacial score (nSPS) is 13.3. The largest absolute Gasteiger partial charge is 0.468 e. The molecule has 0 rings (SSSR count). The lowest BCUT2D eigenvalue weighted by Crippen LogP contribution is -2.38. The molecular formula is C11H16F8O9S. The van der Waals surface area contributed by atoms with Gasteiger partial charge in [0.25, 0.3) is 0 Å². The number of hydrogen-bond acceptors (Lipinski definition) is 7. The van der Waals surface area contributed by atoms with E-state index < -0.39 is 52.6 Å². The zero-order valence-corrected chi connectivity index (χ0v) is 15.7. The van der Waals surface area contributed by atoms with Gasteiger partial charge in [0, 0.05) is 7.11 Å². The second-order valence-electron chi connectivity index (χ2n) is 4.50. The third-order valence-electron chi connectivity index (χ3n) is 2.47. The summed E-state index contributed by atoms with van der Waals surface area (Å²) >= 11 is 0. The van der Waals surface area contributed by atoms with Crippen LogP contribution in [0.2, 0.25) is 0 Å². The quantitative estimate of drug-likeness (QED) is 0.271. The van der Waals surface area contributed by atoms with Crippen LogP contribution in [0.5, 0.6) is 0 Å². The Hall–Kier alpha value is -1.79. The Morgan fingerprint density at radius 1 is 0.793 bits per heavy atom. The first-order valence-corrected chi connectivity index (χ1v) is 7.87. The van der Waals surface area contributed by atoms with E-state index in [9.17, 15) is 44.7 Å². The second-order valence-corrected chi connectivity index (χ2v) is 5.39. The Balaban J connectivity index is -0.000000383. The minimum atomic E-state index is -4.99. The fraction of sp³-hybridized carbons (Fsp3) is 0.818. The average Bonchev–Trinajstić information content (AvgIpc) is 2.50. The molecule has 0 aromatic rings. The molecule has 18 heteroatoms. The number of hydrogen-bond donors (Lipinski definition) is 2. The summed E-state index contributed by atoms with van der Waals surface area (Å²) in [6, 6.07) is 0. The Morgan fingerprint density at radius 2 is 1.07 bits per heavy atom. The van der Waals surface area contributed by atoms with E-state index >= 15 is 0 Å². The summed E-state index contributed by atoms with van der Waals surface area (Å²) in [6.07, 6.45) is -14.1. The summed E-state index contributed by atoms with van der Waals surface area (Å²) in [5.41, 5.74) is 0. The molecule has 1 unspecified atom stereocenters. The number of halogens is 8. The van der Waals surface area contributed by atoms with Gasteiger partial charge in [0.1, 0.15) is 5.92 Å². The molecule has 0 aliphatic rings. The molecule has 0 bridgehead atoms. The maximum atomic E-state index is 12.1. The van der Waals surface area contributed by atoms with Gasteiger partial charge in [-0.05, 0) is 6.92 Å². The molecular weight excluding hydrogens is 460 g/mol. The monoisotopic (exact) mass is 476 g/mol. The molecule has 0 saturated heterocycles. The maximum absolute atomic E-state index is 12.1. The molecule has 0 spiro atoms. The van der Waals surface area contributed by atoms with Crippen molar-refractivity contribution >= 4 is 22.3 Å². The molecule has 0 fully saturated rings. The van der Waals surface area contributed by atoms with E-state index in [-0.39, 0.29) is 0 Å². The lowest BCUT2D eigenvalue weighted by Gasteiger charge is -2.23. The third-order valence-corrected chi connectivity index (χ3v) is 2.47. The fourth-order valence-corrected chi connectivity index (χ4v) is 0.966. The number of alkyl halides is 8. The van der Waals surface area contributed by atoms with Gasteiger partial charge in [-0.3, -0.25) is 18.7 Å². The molecule has 2 N–H and O–H groups in total. The highest BCUT2D eigenvalue weighted by Gasteiger charge is 2.53. The van der Waals surface area contributed by atoms with Crippen LogP contribution >= 0.6 is 0 Å². The van der Waals surface area contributed by atoms with Crippen LogP contribution in [0.1, 0.15) is 6.92 Å². The first kappa shape index (κ1) is 31.9. The van der Waals surface area contributed by atoms with Crippen molar-refractivity contribution in [1.82, 2.24) is 0 Å². The number of esters is 2. The van der Waals surface area contributed by atoms with Crippen LogP contribution in [0.3, 0.4) is 0 Å². The average molecular weight is 476 g/mol. The van der Waals surface area contributed by atoms with Crippen LogP contribution in [0.15, 0.2) is 0 Å². The zero-order chi connectivity index (χ0) is 24.4. The molecule has 0 aromatic carbocycles. The predicted molar refractivity (Wildman–Crippen MR) is 74.9 cm³/mol. The van der Waals surface area contributed by atoms with Crippen molar-refractivity contribution in [2.45, 2.75) is 25.4 Å². The van der Waals surface area contributed by atoms with Gasteiger partial charge in [0.05, 0.1) is 14.2 Å². The number of carbonyl (C=O) groups excluding carboxylic acids is 2. The van der Waals surface area contributed by atoms with E-state index in [0.717, 1.165) is 14.2 Å². The van der Waals surface area contributed by atoms with Crippen molar-refractivity contribution < 1.29 is 76.4 Å². The van der Waals surface area contributed by atoms with Gasteiger partial charge in [0.2, 0.25) is 5.92 Å². The van der Waals surface area contributed by atoms with E-state index in [1.807, 2.05) is 0 Å². The summed E-state index contributed by atoms with van der Waals surface area (Å²) in [7, 11) is -2.63. The van der Waals surface area contributed by atoms with Crippen molar-refractivity contribution in [3.63, 3.8) is 0 Å². The van der Waals surface area contributed by atoms with Gasteiger partial charge in [-0.1, -0.05) is 0 Å². The lowest BCUT2D eigenvalue weighted by molar-refractivity contribution is -0.322. The van der Waals surface area contributed by atoms with E-state index in [1.165, 1.54) is 0 Å². The van der Waals surface area contributed by atoms with Crippen LogP contribution in [-0.4, -0.2) is 69.3 Å². The zero-order valence-electron chi connectivity index (χ0n) is 14.8. The smallest absolute Gasteiger partial charge is 0.412 e. The Bertz CT molecular complexity index is 591. The first-order chi connectivity index (χ1) is 12.6. The molecule has 0 saturated carbocycles. The molecule has 0 aliphatic heterocycles. The highest BCUT2D eigenvalue weighted by molar-refractivity contribution is 7.79. The molecule has 0 aliphatic carbocycles. The van der Waals surface area contributed by atoms with E-state index in [0.29, 0.717) is 14.0 Å². The van der Waals surface area contributed by atoms with Crippen molar-refractivity contribution in [3.8, 4) is 0 Å². The van der Waals surface area contributed by atoms with Crippen LogP contribution < -0.4 is 0 Å². The fourth-order valence-electron chi connectivity index (χ4n) is 0.966. The third kappa shape index (κ3) is 15.8. The van der Waals surface area contributed by atoms with E-state index in [1.54, 1.807) is 0 Å². The van der Waals surface area contributed by atoms with Crippen LogP contribution in [0, 0.1) is 11.8 Å². The summed E-state index contributed by atoms with van der Waals surface area (Å²) in [5.74, 6) is -9.00. The highest BCUT2D eigenvalue weighted by Crippen LogP contribution is 2.37. The van der Waals surface area contributed by atoms with E-state index in [2.05, 4.69) is 14.2 Å². The van der Waals surface area contributed by atoms with Crippen LogP contribution in [0.25, 0.3) is 0 Å². The molecule has 0 aromatic heterocycles. The van der Waals surface area contributed by atoms with Crippen molar-refractivity contribution in [3.05, 3.63) is 0 Å². The topological polar surface area (TPSA) is 136 Å². The molecule has 0 radical (unpaired) electrons. The number of methoxy groups -OCH3 is 3. The standard InChI is InChI=1S/C6H7F3O4.C5H7F5O.H2O4S/c1-12-4(10)3(5(11)13-2)6(7,8)9;1-3(4(6,7)8)5(9,10)11-2;1-5(2,3)4/h3H,1-2H3;3H,1-2H3;(H2,1,2,3,4).